The van der Waals surface area contributed by atoms with E-state index >= 15 is 0 Å². The minimum absolute atomic E-state index is 0.0918. The molecule has 2 nitrogen and oxygen atoms in total. The number of hydrogen-bond acceptors (Lipinski definition) is 2. The summed E-state index contributed by atoms with van der Waals surface area (Å²) in [7, 11) is 0. The van der Waals surface area contributed by atoms with Crippen molar-refractivity contribution in [2.75, 3.05) is 0 Å². The first-order chi connectivity index (χ1) is 2.00. The van der Waals surface area contributed by atoms with E-state index in [1.54, 1.807) is 0 Å². The molecule has 0 radical (unpaired) electrons. The topological polar surface area (TPSA) is 34.1 Å². The Morgan fingerprint density at radius 1 is 1.25 bits per heavy atom. The Balaban J connectivity index is 0. The fourth-order valence-electron chi connectivity index (χ4n) is 0. The molecular formula is HAlO2Th. The van der Waals surface area contributed by atoms with Crippen molar-refractivity contribution in [2.45, 2.75) is 0 Å². The molecule has 0 aromatic carbocycles. The van der Waals surface area contributed by atoms with E-state index in [4.69, 9.17) is 4.97 Å². The van der Waals surface area contributed by atoms with Gasteiger partial charge in [-0.2, -0.15) is 0 Å². The first-order valence-corrected chi connectivity index (χ1v) is 2.75. The first kappa shape index (κ1) is 9.07. The van der Waals surface area contributed by atoms with Crippen LogP contribution in [0.25, 0.3) is 0 Å². The molecule has 0 amide bonds. The molecule has 0 bridgehead atoms. The molecule has 0 aliphatic heterocycles. The number of rotatable bonds is 0. The third kappa shape index (κ3) is 9.83. The molecule has 0 unspecified atom stereocenters. The van der Waals surface area contributed by atoms with Gasteiger partial charge in [-0.15, -0.1) is 0 Å². The molecule has 0 heterocycles. The van der Waals surface area contributed by atoms with Gasteiger partial charge < -0.3 is 0 Å². The molecule has 4 heavy (non-hydrogen) atoms. The Morgan fingerprint density at radius 2 is 1.25 bits per heavy atom. The Labute approximate surface area is 58.3 Å². The van der Waals surface area contributed by atoms with Crippen LogP contribution in [0.3, 0.4) is 0 Å². The Kier molecular flexibility index (Phi) is 56.9. The average molecular weight is 292 g/mol. The fourth-order valence-corrected chi connectivity index (χ4v) is 0. The Hall–Kier alpha value is 1.46. The predicted molar refractivity (Wildman–Crippen MR) is 8.52 cm³/mol. The molecule has 0 atom stereocenters. The van der Waals surface area contributed by atoms with Gasteiger partial charge in [0.25, 0.3) is 0 Å². The molecule has 4 heteroatoms. The van der Waals surface area contributed by atoms with Crippen LogP contribution in [0.15, 0.2) is 0 Å². The summed E-state index contributed by atoms with van der Waals surface area (Å²) >= 11 is 0.519. The summed E-state index contributed by atoms with van der Waals surface area (Å²) in [4.78, 5) is 0. The molecule has 0 spiro atoms. The fraction of sp³-hybridized carbons (Fsp3) is 0. The predicted octanol–water partition coefficient (Wildman–Crippen LogP) is -0.886. The summed E-state index contributed by atoms with van der Waals surface area (Å²) in [6.45, 7) is 0. The van der Waals surface area contributed by atoms with Crippen LogP contribution in [0.1, 0.15) is 0 Å². The van der Waals surface area contributed by atoms with E-state index in [2.05, 4.69) is 0 Å². The summed E-state index contributed by atoms with van der Waals surface area (Å²) in [5.74, 6) is 0. The van der Waals surface area contributed by atoms with Gasteiger partial charge in [-0.3, -0.25) is 0 Å². The van der Waals surface area contributed by atoms with Gasteiger partial charge in [-0.1, -0.05) is 0 Å². The summed E-state index contributed by atoms with van der Waals surface area (Å²) < 4.78 is 16.7. The van der Waals surface area contributed by atoms with Gasteiger partial charge in [-0.25, -0.2) is 0 Å². The van der Waals surface area contributed by atoms with Crippen molar-refractivity contribution in [3.05, 3.63) is 0 Å². The van der Waals surface area contributed by atoms with Crippen LogP contribution in [0.4, 0.5) is 0 Å². The van der Waals surface area contributed by atoms with Crippen LogP contribution in [0, 0.1) is 38.0 Å². The van der Waals surface area contributed by atoms with E-state index < -0.39 is 0 Å². The van der Waals surface area contributed by atoms with E-state index in [1.165, 1.54) is 0 Å². The summed E-state index contributed by atoms with van der Waals surface area (Å²) in [5, 5.41) is 0. The van der Waals surface area contributed by atoms with Crippen LogP contribution in [-0.4, -0.2) is 16.2 Å². The third-order valence-electron chi connectivity index (χ3n) is 0. The van der Waals surface area contributed by atoms with E-state index in [9.17, 15) is 0 Å². The van der Waals surface area contributed by atoms with Crippen LogP contribution in [-0.2, 0) is 4.97 Å². The molecule has 20 valence electrons. The van der Waals surface area contributed by atoms with Gasteiger partial charge in [0.2, 0.25) is 0 Å². The summed E-state index contributed by atoms with van der Waals surface area (Å²) in [5.41, 5.74) is 0. The molecule has 0 aromatic rings. The van der Waals surface area contributed by atoms with Gasteiger partial charge in [0.15, 0.2) is 0 Å². The zero-order valence-electron chi connectivity index (χ0n) is 2.02. The third-order valence-corrected chi connectivity index (χ3v) is 0. The van der Waals surface area contributed by atoms with Gasteiger partial charge in [0.05, 0.1) is 0 Å². The van der Waals surface area contributed by atoms with Crippen LogP contribution in [0.2, 0.25) is 0 Å². The van der Waals surface area contributed by atoms with Crippen molar-refractivity contribution in [3.8, 4) is 0 Å². The SMILES string of the molecule is [O]=[AlH].[O]=[Th]. The first-order valence-electron chi connectivity index (χ1n) is 0.493. The Bertz CT molecular complexity index is 8.00. The van der Waals surface area contributed by atoms with Crippen molar-refractivity contribution < 1.29 is 43.0 Å². The van der Waals surface area contributed by atoms with Gasteiger partial charge in [-0.05, 0) is 0 Å². The normalized spacial score (nSPS) is 2.25. The molecule has 0 N–H and O–H groups in total. The quantitative estimate of drug-likeness (QED) is 0.543. The second-order valence-corrected chi connectivity index (χ2v) is 0. The Morgan fingerprint density at radius 3 is 1.25 bits per heavy atom. The van der Waals surface area contributed by atoms with Gasteiger partial charge in [0, 0.05) is 0 Å². The zero-order chi connectivity index (χ0) is 4.00. The molecule has 0 aliphatic rings. The number of hydrogen-bond donors (Lipinski definition) is 0. The van der Waals surface area contributed by atoms with Crippen LogP contribution < -0.4 is 0 Å². The molecular weight excluding hydrogens is 291 g/mol. The molecule has 0 rings (SSSR count). The monoisotopic (exact) mass is 292 g/mol. The standard InChI is InChI=1S/Al.2O.Th.H. The van der Waals surface area contributed by atoms with E-state index in [1.807, 2.05) is 0 Å². The maximum absolute atomic E-state index is 8.42. The van der Waals surface area contributed by atoms with Gasteiger partial charge in [0.1, 0.15) is 0 Å². The van der Waals surface area contributed by atoms with Crippen LogP contribution >= 0.6 is 0 Å². The van der Waals surface area contributed by atoms with Crippen molar-refractivity contribution in [3.63, 3.8) is 0 Å². The molecule has 0 saturated carbocycles. The van der Waals surface area contributed by atoms with E-state index in [0.29, 0.717) is 16.2 Å². The van der Waals surface area contributed by atoms with Crippen molar-refractivity contribution >= 4 is 16.2 Å². The zero-order valence-corrected chi connectivity index (χ0v) is 7.55. The van der Waals surface area contributed by atoms with Gasteiger partial charge >= 0.3 is 59.2 Å². The average Bonchev–Trinajstić information content (AvgIpc) is 1.50. The molecule has 0 aromatic heterocycles. The van der Waals surface area contributed by atoms with Crippen molar-refractivity contribution in [1.82, 2.24) is 0 Å². The second-order valence-electron chi connectivity index (χ2n) is 0. The van der Waals surface area contributed by atoms with Crippen molar-refractivity contribution in [1.29, 1.82) is 0 Å². The second kappa shape index (κ2) is 25.1. The van der Waals surface area contributed by atoms with Crippen LogP contribution in [0.5, 0.6) is 0 Å². The molecule has 0 saturated heterocycles. The van der Waals surface area contributed by atoms with Crippen molar-refractivity contribution in [2.24, 2.45) is 0 Å². The van der Waals surface area contributed by atoms with E-state index in [-0.39, 0.29) is 38.0 Å². The minimum atomic E-state index is -0.0918. The summed E-state index contributed by atoms with van der Waals surface area (Å²) in [6, 6.07) is 0. The molecule has 0 fully saturated rings. The summed E-state index contributed by atoms with van der Waals surface area (Å²) in [6.07, 6.45) is 0. The van der Waals surface area contributed by atoms with E-state index in [0.717, 1.165) is 0 Å². The molecule has 0 aliphatic carbocycles. The maximum atomic E-state index is 8.42.